The SMILES string of the molecule is CC1(C)CCC(O)(C(F)(F)F)C(Nc2cccc3[nH]c(=O)ccc23)c2ccc(Br)c(Cl)c21. The Hall–Kier alpha value is -2.03. The van der Waals surface area contributed by atoms with Crippen LogP contribution in [0.15, 0.2) is 51.7 Å². The Morgan fingerprint density at radius 1 is 1.16 bits per heavy atom. The minimum Gasteiger partial charge on any atom is -0.379 e. The van der Waals surface area contributed by atoms with Gasteiger partial charge in [0.2, 0.25) is 5.56 Å². The lowest BCUT2D eigenvalue weighted by atomic mass is 9.79. The number of fused-ring (bicyclic) bond motifs is 2. The van der Waals surface area contributed by atoms with E-state index in [0.717, 1.165) is 0 Å². The summed E-state index contributed by atoms with van der Waals surface area (Å²) in [6, 6.07) is 9.39. The number of hydrogen-bond acceptors (Lipinski definition) is 3. The van der Waals surface area contributed by atoms with Gasteiger partial charge in [0.05, 0.1) is 16.6 Å². The molecule has 9 heteroatoms. The second-order valence-electron chi connectivity index (χ2n) is 8.80. The lowest BCUT2D eigenvalue weighted by Gasteiger charge is -2.38. The molecule has 2 atom stereocenters. The van der Waals surface area contributed by atoms with Crippen molar-refractivity contribution < 1.29 is 18.3 Å². The predicted octanol–water partition coefficient (Wildman–Crippen LogP) is 6.46. The molecule has 0 saturated heterocycles. The van der Waals surface area contributed by atoms with E-state index in [0.29, 0.717) is 31.6 Å². The Morgan fingerprint density at radius 2 is 1.88 bits per heavy atom. The van der Waals surface area contributed by atoms with Crippen LogP contribution in [0.25, 0.3) is 10.9 Å². The highest BCUT2D eigenvalue weighted by Crippen LogP contribution is 2.54. The molecule has 0 spiro atoms. The molecule has 4 rings (SSSR count). The molecular formula is C23H21BrClF3N2O2. The Labute approximate surface area is 195 Å². The first-order valence-corrected chi connectivity index (χ1v) is 11.2. The van der Waals surface area contributed by atoms with Crippen molar-refractivity contribution in [2.45, 2.75) is 49.9 Å². The van der Waals surface area contributed by atoms with E-state index in [9.17, 15) is 23.1 Å². The number of alkyl halides is 3. The Kier molecular flexibility index (Phi) is 5.63. The Balaban J connectivity index is 1.98. The minimum absolute atomic E-state index is 0.0766. The molecule has 2 aromatic carbocycles. The third kappa shape index (κ3) is 3.72. The predicted molar refractivity (Wildman–Crippen MR) is 123 cm³/mol. The van der Waals surface area contributed by atoms with Crippen LogP contribution in [-0.4, -0.2) is 21.9 Å². The number of aromatic amines is 1. The number of hydrogen-bond donors (Lipinski definition) is 3. The quantitative estimate of drug-likeness (QED) is 0.334. The summed E-state index contributed by atoms with van der Waals surface area (Å²) in [4.78, 5) is 14.4. The lowest BCUT2D eigenvalue weighted by molar-refractivity contribution is -0.269. The number of H-pyrrole nitrogens is 1. The molecule has 1 aromatic heterocycles. The molecule has 0 radical (unpaired) electrons. The van der Waals surface area contributed by atoms with E-state index in [2.05, 4.69) is 26.2 Å². The normalized spacial score (nSPS) is 22.9. The number of benzene rings is 2. The molecular weight excluding hydrogens is 509 g/mol. The fourth-order valence-corrected chi connectivity index (χ4v) is 5.25. The molecule has 0 saturated carbocycles. The van der Waals surface area contributed by atoms with Gasteiger partial charge in [-0.25, -0.2) is 0 Å². The van der Waals surface area contributed by atoms with Crippen LogP contribution in [0, 0.1) is 0 Å². The zero-order valence-corrected chi connectivity index (χ0v) is 19.6. The van der Waals surface area contributed by atoms with Crippen molar-refractivity contribution in [1.29, 1.82) is 0 Å². The monoisotopic (exact) mass is 528 g/mol. The molecule has 0 aliphatic heterocycles. The number of aromatic nitrogens is 1. The third-order valence-corrected chi connectivity index (χ3v) is 7.56. The second-order valence-corrected chi connectivity index (χ2v) is 10.0. The van der Waals surface area contributed by atoms with Crippen molar-refractivity contribution in [3.8, 4) is 0 Å². The Morgan fingerprint density at radius 3 is 2.56 bits per heavy atom. The minimum atomic E-state index is -4.90. The van der Waals surface area contributed by atoms with Gasteiger partial charge in [-0.05, 0) is 69.6 Å². The number of aliphatic hydroxyl groups is 1. The van der Waals surface area contributed by atoms with Crippen molar-refractivity contribution >= 4 is 44.1 Å². The summed E-state index contributed by atoms with van der Waals surface area (Å²) in [6.45, 7) is 3.65. The lowest BCUT2D eigenvalue weighted by Crippen LogP contribution is -2.52. The molecule has 2 unspecified atom stereocenters. The molecule has 4 nitrogen and oxygen atoms in total. The van der Waals surface area contributed by atoms with E-state index in [1.165, 1.54) is 6.07 Å². The van der Waals surface area contributed by atoms with Crippen molar-refractivity contribution in [2.24, 2.45) is 0 Å². The summed E-state index contributed by atoms with van der Waals surface area (Å²) >= 11 is 9.95. The van der Waals surface area contributed by atoms with Gasteiger partial charge in [0.1, 0.15) is 0 Å². The van der Waals surface area contributed by atoms with E-state index in [4.69, 9.17) is 11.6 Å². The van der Waals surface area contributed by atoms with Crippen LogP contribution >= 0.6 is 27.5 Å². The zero-order chi connectivity index (χ0) is 23.5. The highest BCUT2D eigenvalue weighted by molar-refractivity contribution is 9.10. The van der Waals surface area contributed by atoms with Crippen LogP contribution < -0.4 is 10.9 Å². The van der Waals surface area contributed by atoms with Gasteiger partial charge in [-0.3, -0.25) is 4.79 Å². The molecule has 0 bridgehead atoms. The van der Waals surface area contributed by atoms with E-state index in [1.807, 2.05) is 13.8 Å². The standard InChI is InChI=1S/C23H21BrClF3N2O2/c1-21(2)10-11-22(32,23(26,27)28)20(13-6-8-14(24)19(25)18(13)21)30-16-5-3-4-15-12(16)7-9-17(31)29-15/h3-9,20,30,32H,10-11H2,1-2H3,(H,29,31). The summed E-state index contributed by atoms with van der Waals surface area (Å²) in [5.74, 6) is 0. The topological polar surface area (TPSA) is 65.1 Å². The van der Waals surface area contributed by atoms with Crippen molar-refractivity contribution in [3.05, 3.63) is 73.4 Å². The van der Waals surface area contributed by atoms with E-state index in [1.54, 1.807) is 36.4 Å². The fourth-order valence-electron chi connectivity index (χ4n) is 4.49. The van der Waals surface area contributed by atoms with E-state index >= 15 is 0 Å². The van der Waals surface area contributed by atoms with Gasteiger partial charge in [-0.2, -0.15) is 13.2 Å². The van der Waals surface area contributed by atoms with Crippen LogP contribution in [0.3, 0.4) is 0 Å². The van der Waals surface area contributed by atoms with Gasteiger partial charge < -0.3 is 15.4 Å². The molecule has 0 amide bonds. The summed E-state index contributed by atoms with van der Waals surface area (Å²) in [6.07, 6.45) is -5.33. The average Bonchev–Trinajstić information content (AvgIpc) is 2.79. The van der Waals surface area contributed by atoms with E-state index in [-0.39, 0.29) is 17.5 Å². The van der Waals surface area contributed by atoms with Crippen LogP contribution in [0.1, 0.15) is 43.9 Å². The number of nitrogens with one attached hydrogen (secondary N) is 2. The first-order valence-electron chi connectivity index (χ1n) is 10.0. The Bertz CT molecular complexity index is 1260. The first-order chi connectivity index (χ1) is 14.8. The molecule has 1 aliphatic carbocycles. The average molecular weight is 530 g/mol. The highest BCUT2D eigenvalue weighted by Gasteiger charge is 2.61. The van der Waals surface area contributed by atoms with Gasteiger partial charge in [-0.1, -0.05) is 37.6 Å². The van der Waals surface area contributed by atoms with Crippen molar-refractivity contribution in [1.82, 2.24) is 4.98 Å². The van der Waals surface area contributed by atoms with Crippen molar-refractivity contribution in [2.75, 3.05) is 5.32 Å². The van der Waals surface area contributed by atoms with Crippen LogP contribution in [0.5, 0.6) is 0 Å². The highest BCUT2D eigenvalue weighted by atomic mass is 79.9. The van der Waals surface area contributed by atoms with Gasteiger partial charge >= 0.3 is 6.18 Å². The summed E-state index contributed by atoms with van der Waals surface area (Å²) in [7, 11) is 0. The van der Waals surface area contributed by atoms with Gasteiger partial charge in [0, 0.05) is 21.6 Å². The molecule has 32 heavy (non-hydrogen) atoms. The van der Waals surface area contributed by atoms with Crippen LogP contribution in [0.4, 0.5) is 18.9 Å². The molecule has 1 heterocycles. The summed E-state index contributed by atoms with van der Waals surface area (Å²) in [5.41, 5.74) is -2.41. The first kappa shape index (κ1) is 23.1. The maximum atomic E-state index is 14.4. The van der Waals surface area contributed by atoms with Gasteiger partial charge in [-0.15, -0.1) is 0 Å². The van der Waals surface area contributed by atoms with Gasteiger partial charge in [0.25, 0.3) is 0 Å². The molecule has 1 aliphatic rings. The molecule has 3 aromatic rings. The van der Waals surface area contributed by atoms with Crippen LogP contribution in [-0.2, 0) is 5.41 Å². The number of rotatable bonds is 2. The second kappa shape index (κ2) is 7.78. The van der Waals surface area contributed by atoms with Crippen molar-refractivity contribution in [3.63, 3.8) is 0 Å². The third-order valence-electron chi connectivity index (χ3n) is 6.28. The maximum Gasteiger partial charge on any atom is 0.419 e. The summed E-state index contributed by atoms with van der Waals surface area (Å²) < 4.78 is 43.7. The number of pyridine rings is 1. The summed E-state index contributed by atoms with van der Waals surface area (Å²) in [5, 5.41) is 15.0. The number of halogens is 5. The fraction of sp³-hybridized carbons (Fsp3) is 0.348. The molecule has 3 N–H and O–H groups in total. The number of anilines is 1. The largest absolute Gasteiger partial charge is 0.419 e. The molecule has 0 fully saturated rings. The molecule has 170 valence electrons. The zero-order valence-electron chi connectivity index (χ0n) is 17.3. The van der Waals surface area contributed by atoms with Gasteiger partial charge in [0.15, 0.2) is 5.60 Å². The smallest absolute Gasteiger partial charge is 0.379 e. The van der Waals surface area contributed by atoms with E-state index < -0.39 is 29.7 Å². The maximum absolute atomic E-state index is 14.4. The van der Waals surface area contributed by atoms with Crippen LogP contribution in [0.2, 0.25) is 5.02 Å².